The topological polar surface area (TPSA) is 76.5 Å². The number of hydrogen-bond acceptors (Lipinski definition) is 7. The lowest BCUT2D eigenvalue weighted by Crippen LogP contribution is -2.19. The van der Waals surface area contributed by atoms with E-state index in [1.54, 1.807) is 6.21 Å². The van der Waals surface area contributed by atoms with Crippen molar-refractivity contribution in [3.63, 3.8) is 0 Å². The van der Waals surface area contributed by atoms with Crippen molar-refractivity contribution in [3.8, 4) is 16.3 Å². The third-order valence-electron chi connectivity index (χ3n) is 4.30. The van der Waals surface area contributed by atoms with Gasteiger partial charge in [-0.05, 0) is 36.2 Å². The standard InChI is InChI=1S/C23H26N4O2S2/c1-2-3-4-8-15-29-20-13-11-18(12-14-20)16-24-25-21(28)17-30-23-27-26-22(31-23)19-9-6-5-7-10-19/h5-7,9-14,16H,2-4,8,15,17H2,1H3,(H,25,28). The van der Waals surface area contributed by atoms with Crippen molar-refractivity contribution in [2.45, 2.75) is 36.9 Å². The molecule has 3 aromatic rings. The van der Waals surface area contributed by atoms with Crippen molar-refractivity contribution >= 4 is 35.2 Å². The molecule has 6 nitrogen and oxygen atoms in total. The highest BCUT2D eigenvalue weighted by molar-refractivity contribution is 8.01. The summed E-state index contributed by atoms with van der Waals surface area (Å²) in [5.74, 6) is 0.886. The fourth-order valence-corrected chi connectivity index (χ4v) is 4.32. The van der Waals surface area contributed by atoms with E-state index in [4.69, 9.17) is 4.74 Å². The second kappa shape index (κ2) is 12.9. The van der Waals surface area contributed by atoms with Crippen LogP contribution < -0.4 is 10.2 Å². The summed E-state index contributed by atoms with van der Waals surface area (Å²) in [6, 6.07) is 17.5. The Balaban J connectivity index is 1.37. The van der Waals surface area contributed by atoms with Crippen LogP contribution in [0.5, 0.6) is 5.75 Å². The lowest BCUT2D eigenvalue weighted by Gasteiger charge is -2.05. The Bertz CT molecular complexity index is 959. The number of unbranched alkanes of at least 4 members (excludes halogenated alkanes) is 3. The maximum absolute atomic E-state index is 12.0. The summed E-state index contributed by atoms with van der Waals surface area (Å²) in [7, 11) is 0. The fraction of sp³-hybridized carbons (Fsp3) is 0.304. The van der Waals surface area contributed by atoms with Crippen LogP contribution in [0.15, 0.2) is 64.0 Å². The molecule has 1 heterocycles. The highest BCUT2D eigenvalue weighted by atomic mass is 32.2. The minimum absolute atomic E-state index is 0.190. The van der Waals surface area contributed by atoms with E-state index in [9.17, 15) is 4.79 Å². The van der Waals surface area contributed by atoms with Crippen LogP contribution in [-0.2, 0) is 4.79 Å². The van der Waals surface area contributed by atoms with E-state index in [-0.39, 0.29) is 11.7 Å². The molecule has 8 heteroatoms. The summed E-state index contributed by atoms with van der Waals surface area (Å²) in [4.78, 5) is 12.0. The zero-order valence-electron chi connectivity index (χ0n) is 17.5. The van der Waals surface area contributed by atoms with Crippen molar-refractivity contribution in [1.29, 1.82) is 0 Å². The first kappa shape index (κ1) is 23.0. The van der Waals surface area contributed by atoms with Crippen LogP contribution in [0.3, 0.4) is 0 Å². The number of thioether (sulfide) groups is 1. The Morgan fingerprint density at radius 1 is 1.10 bits per heavy atom. The molecule has 0 aliphatic rings. The molecule has 162 valence electrons. The molecule has 0 saturated heterocycles. The minimum Gasteiger partial charge on any atom is -0.494 e. The van der Waals surface area contributed by atoms with Crippen molar-refractivity contribution in [3.05, 3.63) is 60.2 Å². The maximum Gasteiger partial charge on any atom is 0.250 e. The van der Waals surface area contributed by atoms with E-state index in [1.807, 2.05) is 54.6 Å². The molecule has 2 aromatic carbocycles. The third-order valence-corrected chi connectivity index (χ3v) is 6.41. The average Bonchev–Trinajstić information content (AvgIpc) is 3.28. The van der Waals surface area contributed by atoms with Gasteiger partial charge in [0.25, 0.3) is 5.91 Å². The molecule has 3 rings (SSSR count). The van der Waals surface area contributed by atoms with Crippen LogP contribution in [0.2, 0.25) is 0 Å². The Labute approximate surface area is 191 Å². The molecular formula is C23H26N4O2S2. The Kier molecular flexibility index (Phi) is 9.53. The number of carbonyl (C=O) groups excluding carboxylic acids is 1. The quantitative estimate of drug-likeness (QED) is 0.171. The summed E-state index contributed by atoms with van der Waals surface area (Å²) in [5.41, 5.74) is 4.46. The molecule has 31 heavy (non-hydrogen) atoms. The van der Waals surface area contributed by atoms with Crippen molar-refractivity contribution in [2.75, 3.05) is 12.4 Å². The second-order valence-corrected chi connectivity index (χ2v) is 9.00. The first-order chi connectivity index (χ1) is 15.2. The normalized spacial score (nSPS) is 11.0. The van der Waals surface area contributed by atoms with Crippen LogP contribution in [0, 0.1) is 0 Å². The number of nitrogens with zero attached hydrogens (tertiary/aromatic N) is 3. The maximum atomic E-state index is 12.0. The number of amides is 1. The van der Waals surface area contributed by atoms with Crippen LogP contribution in [0.4, 0.5) is 0 Å². The summed E-state index contributed by atoms with van der Waals surface area (Å²) in [6.07, 6.45) is 6.36. The average molecular weight is 455 g/mol. The molecule has 0 aliphatic carbocycles. The number of hydrazone groups is 1. The molecule has 0 spiro atoms. The number of nitrogens with one attached hydrogen (secondary N) is 1. The summed E-state index contributed by atoms with van der Waals surface area (Å²) < 4.78 is 6.48. The Morgan fingerprint density at radius 2 is 1.90 bits per heavy atom. The summed E-state index contributed by atoms with van der Waals surface area (Å²) in [5, 5.41) is 13.2. The van der Waals surface area contributed by atoms with Gasteiger partial charge in [-0.3, -0.25) is 4.79 Å². The Hall–Kier alpha value is -2.71. The van der Waals surface area contributed by atoms with Gasteiger partial charge in [0.05, 0.1) is 18.6 Å². The number of hydrogen-bond donors (Lipinski definition) is 1. The van der Waals surface area contributed by atoms with Gasteiger partial charge in [0.2, 0.25) is 0 Å². The van der Waals surface area contributed by atoms with Gasteiger partial charge < -0.3 is 4.74 Å². The van der Waals surface area contributed by atoms with E-state index < -0.39 is 0 Å². The van der Waals surface area contributed by atoms with Gasteiger partial charge >= 0.3 is 0 Å². The van der Waals surface area contributed by atoms with Gasteiger partial charge in [-0.2, -0.15) is 5.10 Å². The highest BCUT2D eigenvalue weighted by Gasteiger charge is 2.09. The van der Waals surface area contributed by atoms with Gasteiger partial charge in [-0.15, -0.1) is 10.2 Å². The molecule has 0 fully saturated rings. The molecule has 0 aliphatic heterocycles. The Morgan fingerprint density at radius 3 is 2.68 bits per heavy atom. The van der Waals surface area contributed by atoms with E-state index in [0.29, 0.717) is 0 Å². The van der Waals surface area contributed by atoms with Crippen molar-refractivity contribution in [1.82, 2.24) is 15.6 Å². The molecule has 0 bridgehead atoms. The molecule has 0 atom stereocenters. The first-order valence-corrected chi connectivity index (χ1v) is 12.1. The second-order valence-electron chi connectivity index (χ2n) is 6.80. The molecule has 1 aromatic heterocycles. The smallest absolute Gasteiger partial charge is 0.250 e. The minimum atomic E-state index is -0.190. The van der Waals surface area contributed by atoms with E-state index in [1.165, 1.54) is 42.4 Å². The molecule has 1 amide bonds. The number of aromatic nitrogens is 2. The molecule has 1 N–H and O–H groups in total. The number of carbonyl (C=O) groups is 1. The van der Waals surface area contributed by atoms with E-state index >= 15 is 0 Å². The van der Waals surface area contributed by atoms with E-state index in [0.717, 1.165) is 39.3 Å². The molecule has 0 unspecified atom stereocenters. The van der Waals surface area contributed by atoms with Crippen molar-refractivity contribution in [2.24, 2.45) is 5.10 Å². The predicted octanol–water partition coefficient (Wildman–Crippen LogP) is 5.41. The number of rotatable bonds is 12. The molecule has 0 radical (unpaired) electrons. The van der Waals surface area contributed by atoms with Crippen LogP contribution >= 0.6 is 23.1 Å². The summed E-state index contributed by atoms with van der Waals surface area (Å²) in [6.45, 7) is 2.94. The van der Waals surface area contributed by atoms with Crippen molar-refractivity contribution < 1.29 is 9.53 Å². The first-order valence-electron chi connectivity index (χ1n) is 10.3. The zero-order chi connectivity index (χ0) is 21.7. The lowest BCUT2D eigenvalue weighted by atomic mass is 10.2. The number of ether oxygens (including phenoxy) is 1. The molecular weight excluding hydrogens is 428 g/mol. The van der Waals surface area contributed by atoms with Gasteiger partial charge in [0.1, 0.15) is 10.8 Å². The monoisotopic (exact) mass is 454 g/mol. The largest absolute Gasteiger partial charge is 0.494 e. The van der Waals surface area contributed by atoms with Gasteiger partial charge in [0.15, 0.2) is 4.34 Å². The third kappa shape index (κ3) is 8.15. The van der Waals surface area contributed by atoms with Gasteiger partial charge in [-0.25, -0.2) is 5.43 Å². The highest BCUT2D eigenvalue weighted by Crippen LogP contribution is 2.28. The lowest BCUT2D eigenvalue weighted by molar-refractivity contribution is -0.118. The van der Waals surface area contributed by atoms with Crippen LogP contribution in [0.1, 0.15) is 38.2 Å². The van der Waals surface area contributed by atoms with Gasteiger partial charge in [0, 0.05) is 5.56 Å². The zero-order valence-corrected chi connectivity index (χ0v) is 19.1. The van der Waals surface area contributed by atoms with Crippen LogP contribution in [-0.4, -0.2) is 34.7 Å². The SMILES string of the molecule is CCCCCCOc1ccc(C=NNC(=O)CSc2nnc(-c3ccccc3)s2)cc1. The van der Waals surface area contributed by atoms with Gasteiger partial charge in [-0.1, -0.05) is 79.6 Å². The van der Waals surface area contributed by atoms with E-state index in [2.05, 4.69) is 27.6 Å². The molecule has 0 saturated carbocycles. The number of benzene rings is 2. The predicted molar refractivity (Wildman–Crippen MR) is 128 cm³/mol. The fourth-order valence-electron chi connectivity index (χ4n) is 2.67. The summed E-state index contributed by atoms with van der Waals surface area (Å²) >= 11 is 2.82. The van der Waals surface area contributed by atoms with Crippen LogP contribution in [0.25, 0.3) is 10.6 Å².